The molecule has 21 heavy (non-hydrogen) atoms. The Morgan fingerprint density at radius 1 is 1.19 bits per heavy atom. The van der Waals surface area contributed by atoms with E-state index in [1.165, 1.54) is 13.8 Å². The average Bonchev–Trinajstić information content (AvgIpc) is 2.27. The Balaban J connectivity index is 3.55. The smallest absolute Gasteiger partial charge is 0.227 e. The molecule has 0 fully saturated rings. The Morgan fingerprint density at radius 3 is 2.14 bits per heavy atom. The molecule has 1 aliphatic carbocycles. The minimum Gasteiger partial charge on any atom is -0.369 e. The highest BCUT2D eigenvalue weighted by Crippen LogP contribution is 2.43. The van der Waals surface area contributed by atoms with Crippen LogP contribution in [0.25, 0.3) is 0 Å². The molecule has 0 aromatic heterocycles. The van der Waals surface area contributed by atoms with Gasteiger partial charge in [0.15, 0.2) is 0 Å². The van der Waals surface area contributed by atoms with Crippen molar-refractivity contribution in [2.24, 2.45) is 17.1 Å². The van der Waals surface area contributed by atoms with Crippen LogP contribution in [0.15, 0.2) is 23.9 Å². The van der Waals surface area contributed by atoms with Gasteiger partial charge in [0.2, 0.25) is 17.7 Å². The van der Waals surface area contributed by atoms with E-state index in [4.69, 9.17) is 5.73 Å². The first-order valence-electron chi connectivity index (χ1n) is 6.77. The molecule has 3 amide bonds. The molecule has 1 aliphatic rings. The van der Waals surface area contributed by atoms with E-state index >= 15 is 0 Å². The Labute approximate surface area is 124 Å². The summed E-state index contributed by atoms with van der Waals surface area (Å²) >= 11 is 0. The summed E-state index contributed by atoms with van der Waals surface area (Å²) in [5.74, 6) is -1.90. The van der Waals surface area contributed by atoms with Crippen molar-refractivity contribution < 1.29 is 14.4 Å². The van der Waals surface area contributed by atoms with Crippen LogP contribution < -0.4 is 16.4 Å². The van der Waals surface area contributed by atoms with E-state index in [9.17, 15) is 14.4 Å². The van der Waals surface area contributed by atoms with Crippen molar-refractivity contribution in [3.8, 4) is 0 Å². The first-order valence-corrected chi connectivity index (χ1v) is 6.77. The van der Waals surface area contributed by atoms with Crippen LogP contribution in [0.4, 0.5) is 0 Å². The molecule has 116 valence electrons. The minimum absolute atomic E-state index is 0.279. The van der Waals surface area contributed by atoms with E-state index < -0.39 is 22.8 Å². The molecule has 0 spiro atoms. The quantitative estimate of drug-likeness (QED) is 0.710. The summed E-state index contributed by atoms with van der Waals surface area (Å²) in [6.07, 6.45) is 4.99. The summed E-state index contributed by atoms with van der Waals surface area (Å²) in [5.41, 5.74) is 4.32. The summed E-state index contributed by atoms with van der Waals surface area (Å²) < 4.78 is 0. The lowest BCUT2D eigenvalue weighted by Gasteiger charge is -2.50. The molecular weight excluding hydrogens is 270 g/mol. The second-order valence-electron chi connectivity index (χ2n) is 6.27. The predicted molar refractivity (Wildman–Crippen MR) is 79.7 cm³/mol. The minimum atomic E-state index is -1.11. The number of rotatable bonds is 3. The van der Waals surface area contributed by atoms with Crippen molar-refractivity contribution in [1.82, 2.24) is 10.6 Å². The largest absolute Gasteiger partial charge is 0.369 e. The standard InChI is InChI=1S/C15H23N3O3/c1-9(19)17-12-8-6-7-11(13(16)21)15(12,14(3,4)5)18-10(2)20/h6-8,11H,1-5H3,(H2,16,21)(H,17,19)(H,18,20). The third-order valence-corrected chi connectivity index (χ3v) is 3.63. The maximum Gasteiger partial charge on any atom is 0.227 e. The normalized spacial score (nSPS) is 25.0. The molecule has 0 heterocycles. The molecule has 0 aliphatic heterocycles. The molecule has 6 heteroatoms. The molecule has 2 atom stereocenters. The van der Waals surface area contributed by atoms with Crippen LogP contribution in [0.1, 0.15) is 34.6 Å². The van der Waals surface area contributed by atoms with E-state index in [1.54, 1.807) is 18.2 Å². The fraction of sp³-hybridized carbons (Fsp3) is 0.533. The van der Waals surface area contributed by atoms with Crippen LogP contribution in [0.3, 0.4) is 0 Å². The van der Waals surface area contributed by atoms with E-state index in [0.29, 0.717) is 5.70 Å². The van der Waals surface area contributed by atoms with Crippen molar-refractivity contribution in [3.05, 3.63) is 23.9 Å². The molecule has 0 aromatic carbocycles. The van der Waals surface area contributed by atoms with Gasteiger partial charge in [-0.3, -0.25) is 14.4 Å². The van der Waals surface area contributed by atoms with E-state index in [2.05, 4.69) is 10.6 Å². The first-order chi connectivity index (χ1) is 9.52. The molecule has 0 saturated heterocycles. The Bertz CT molecular complexity index is 529. The molecule has 2 unspecified atom stereocenters. The highest BCUT2D eigenvalue weighted by Gasteiger charge is 2.54. The maximum atomic E-state index is 11.9. The number of hydrogen-bond acceptors (Lipinski definition) is 3. The van der Waals surface area contributed by atoms with Crippen LogP contribution in [0.2, 0.25) is 0 Å². The van der Waals surface area contributed by atoms with Crippen LogP contribution in [-0.2, 0) is 14.4 Å². The zero-order valence-electron chi connectivity index (χ0n) is 13.1. The number of amides is 3. The van der Waals surface area contributed by atoms with Gasteiger partial charge >= 0.3 is 0 Å². The Morgan fingerprint density at radius 2 is 1.76 bits per heavy atom. The lowest BCUT2D eigenvalue weighted by molar-refractivity contribution is -0.129. The molecular formula is C15H23N3O3. The highest BCUT2D eigenvalue weighted by molar-refractivity contribution is 5.86. The summed E-state index contributed by atoms with van der Waals surface area (Å²) in [6, 6.07) is 0. The number of hydrogen-bond donors (Lipinski definition) is 3. The van der Waals surface area contributed by atoms with Gasteiger partial charge < -0.3 is 16.4 Å². The first kappa shape index (κ1) is 16.9. The van der Waals surface area contributed by atoms with Crippen LogP contribution in [0, 0.1) is 11.3 Å². The van der Waals surface area contributed by atoms with Crippen molar-refractivity contribution in [1.29, 1.82) is 0 Å². The maximum absolute atomic E-state index is 11.9. The van der Waals surface area contributed by atoms with Crippen LogP contribution in [0.5, 0.6) is 0 Å². The van der Waals surface area contributed by atoms with Gasteiger partial charge in [-0.1, -0.05) is 32.9 Å². The summed E-state index contributed by atoms with van der Waals surface area (Å²) in [5, 5.41) is 5.57. The second kappa shape index (κ2) is 5.71. The summed E-state index contributed by atoms with van der Waals surface area (Å²) in [4.78, 5) is 35.1. The average molecular weight is 293 g/mol. The van der Waals surface area contributed by atoms with Crippen molar-refractivity contribution in [2.75, 3.05) is 0 Å². The summed E-state index contributed by atoms with van der Waals surface area (Å²) in [7, 11) is 0. The predicted octanol–water partition coefficient (Wildman–Crippen LogP) is 0.599. The topological polar surface area (TPSA) is 101 Å². The van der Waals surface area contributed by atoms with Crippen LogP contribution in [-0.4, -0.2) is 23.3 Å². The monoisotopic (exact) mass is 293 g/mol. The zero-order chi connectivity index (χ0) is 16.4. The SMILES string of the molecule is CC(=O)NC1=CC=CC(C(N)=O)C1(NC(C)=O)C(C)(C)C. The van der Waals surface area contributed by atoms with Crippen LogP contribution >= 0.6 is 0 Å². The van der Waals surface area contributed by atoms with Gasteiger partial charge in [-0.2, -0.15) is 0 Å². The van der Waals surface area contributed by atoms with Crippen molar-refractivity contribution in [2.45, 2.75) is 40.2 Å². The molecule has 0 aromatic rings. The third kappa shape index (κ3) is 3.15. The van der Waals surface area contributed by atoms with E-state index in [-0.39, 0.29) is 11.8 Å². The number of carbonyl (C=O) groups is 3. The van der Waals surface area contributed by atoms with Gasteiger partial charge in [0.25, 0.3) is 0 Å². The Hall–Kier alpha value is -2.11. The van der Waals surface area contributed by atoms with Crippen molar-refractivity contribution >= 4 is 17.7 Å². The van der Waals surface area contributed by atoms with Gasteiger partial charge in [-0.25, -0.2) is 0 Å². The van der Waals surface area contributed by atoms with Gasteiger partial charge in [0, 0.05) is 19.5 Å². The molecule has 6 nitrogen and oxygen atoms in total. The van der Waals surface area contributed by atoms with Gasteiger partial charge in [0.05, 0.1) is 11.5 Å². The number of allylic oxidation sites excluding steroid dienone is 2. The zero-order valence-corrected chi connectivity index (χ0v) is 13.1. The molecule has 0 saturated carbocycles. The molecule has 1 rings (SSSR count). The Kier molecular flexibility index (Phi) is 4.61. The van der Waals surface area contributed by atoms with Crippen molar-refractivity contribution in [3.63, 3.8) is 0 Å². The number of nitrogens with one attached hydrogen (secondary N) is 2. The molecule has 0 radical (unpaired) electrons. The van der Waals surface area contributed by atoms with Gasteiger partial charge in [-0.05, 0) is 11.5 Å². The number of primary amides is 1. The summed E-state index contributed by atoms with van der Waals surface area (Å²) in [6.45, 7) is 8.39. The van der Waals surface area contributed by atoms with E-state index in [1.807, 2.05) is 20.8 Å². The molecule has 4 N–H and O–H groups in total. The fourth-order valence-corrected chi connectivity index (χ4v) is 2.83. The third-order valence-electron chi connectivity index (χ3n) is 3.63. The highest BCUT2D eigenvalue weighted by atomic mass is 16.2. The number of nitrogens with two attached hydrogens (primary N) is 1. The second-order valence-corrected chi connectivity index (χ2v) is 6.27. The van der Waals surface area contributed by atoms with E-state index in [0.717, 1.165) is 0 Å². The fourth-order valence-electron chi connectivity index (χ4n) is 2.83. The van der Waals surface area contributed by atoms with Gasteiger partial charge in [-0.15, -0.1) is 0 Å². The lowest BCUT2D eigenvalue weighted by atomic mass is 9.62. The lowest BCUT2D eigenvalue weighted by Crippen LogP contribution is -2.67. The molecule has 0 bridgehead atoms. The number of carbonyl (C=O) groups excluding carboxylic acids is 3. The van der Waals surface area contributed by atoms with Gasteiger partial charge in [0.1, 0.15) is 0 Å².